The van der Waals surface area contributed by atoms with E-state index < -0.39 is 8.46 Å². The number of methoxy groups -OCH3 is 2. The number of hydrogen-bond donors (Lipinski definition) is 0. The highest BCUT2D eigenvalue weighted by Crippen LogP contribution is 2.19. The van der Waals surface area contributed by atoms with E-state index in [2.05, 4.69) is 0 Å². The van der Waals surface area contributed by atoms with Gasteiger partial charge in [0.1, 0.15) is 11.5 Å². The molecule has 3 nitrogen and oxygen atoms in total. The maximum absolute atomic E-state index is 10.7. The van der Waals surface area contributed by atoms with E-state index in [1.165, 1.54) is 0 Å². The average Bonchev–Trinajstić information content (AvgIpc) is 2.16. The van der Waals surface area contributed by atoms with Gasteiger partial charge in [0.25, 0.3) is 0 Å². The maximum atomic E-state index is 10.7. The summed E-state index contributed by atoms with van der Waals surface area (Å²) in [4.78, 5) is 0. The third-order valence-corrected chi connectivity index (χ3v) is 2.30. The third-order valence-electron chi connectivity index (χ3n) is 1.57. The zero-order valence-corrected chi connectivity index (χ0v) is 8.19. The molecular formula is C8H11O3P. The Labute approximate surface area is 72.5 Å². The fourth-order valence-electron chi connectivity index (χ4n) is 0.916. The second-order valence-electron chi connectivity index (χ2n) is 2.23. The van der Waals surface area contributed by atoms with Crippen LogP contribution in [0.25, 0.3) is 0 Å². The van der Waals surface area contributed by atoms with Crippen molar-refractivity contribution in [3.63, 3.8) is 0 Å². The van der Waals surface area contributed by atoms with Gasteiger partial charge in [0.2, 0.25) is 0 Å². The third kappa shape index (κ3) is 1.80. The smallest absolute Gasteiger partial charge is 0.132 e. The second-order valence-corrected chi connectivity index (χ2v) is 3.08. The topological polar surface area (TPSA) is 35.5 Å². The van der Waals surface area contributed by atoms with Gasteiger partial charge in [-0.3, -0.25) is 0 Å². The summed E-state index contributed by atoms with van der Waals surface area (Å²) in [6, 6.07) is 5.24. The molecule has 0 aliphatic rings. The quantitative estimate of drug-likeness (QED) is 0.663. The standard InChI is InChI=1S/C8H11O3P/c1-10-6-3-4-8(12-9)7(5-6)11-2/h3-5H,12H2,1-2H3. The molecule has 0 fully saturated rings. The molecule has 0 saturated heterocycles. The van der Waals surface area contributed by atoms with Crippen molar-refractivity contribution in [3.05, 3.63) is 18.2 Å². The molecule has 1 aromatic carbocycles. The Morgan fingerprint density at radius 2 is 2.00 bits per heavy atom. The molecule has 0 aromatic heterocycles. The Hall–Kier alpha value is -0.950. The molecule has 0 spiro atoms. The summed E-state index contributed by atoms with van der Waals surface area (Å²) >= 11 is 0. The van der Waals surface area contributed by atoms with Gasteiger partial charge in [-0.05, 0) is 12.1 Å². The van der Waals surface area contributed by atoms with Crippen LogP contribution < -0.4 is 14.8 Å². The summed E-state index contributed by atoms with van der Waals surface area (Å²) in [5, 5.41) is 0.735. The van der Waals surface area contributed by atoms with Crippen molar-refractivity contribution in [1.29, 1.82) is 0 Å². The van der Waals surface area contributed by atoms with E-state index in [9.17, 15) is 4.57 Å². The van der Waals surface area contributed by atoms with Gasteiger partial charge in [0.05, 0.1) is 22.7 Å². The predicted octanol–water partition coefficient (Wildman–Crippen LogP) is 1.09. The molecule has 0 N–H and O–H groups in total. The van der Waals surface area contributed by atoms with Gasteiger partial charge in [-0.15, -0.1) is 0 Å². The van der Waals surface area contributed by atoms with E-state index in [4.69, 9.17) is 9.47 Å². The van der Waals surface area contributed by atoms with Crippen LogP contribution in [0.1, 0.15) is 0 Å². The fourth-order valence-corrected chi connectivity index (χ4v) is 1.41. The molecule has 1 atom stereocenters. The first-order valence-electron chi connectivity index (χ1n) is 3.49. The predicted molar refractivity (Wildman–Crippen MR) is 49.6 cm³/mol. The number of benzene rings is 1. The van der Waals surface area contributed by atoms with Gasteiger partial charge in [0.15, 0.2) is 0 Å². The van der Waals surface area contributed by atoms with E-state index in [0.717, 1.165) is 5.30 Å². The van der Waals surface area contributed by atoms with Gasteiger partial charge in [-0.2, -0.15) is 0 Å². The van der Waals surface area contributed by atoms with Gasteiger partial charge < -0.3 is 14.0 Å². The Morgan fingerprint density at radius 3 is 2.50 bits per heavy atom. The first-order valence-corrected chi connectivity index (χ1v) is 4.54. The highest BCUT2D eigenvalue weighted by molar-refractivity contribution is 7.34. The van der Waals surface area contributed by atoms with Crippen molar-refractivity contribution in [3.8, 4) is 11.5 Å². The highest BCUT2D eigenvalue weighted by atomic mass is 31.1. The SMILES string of the molecule is COc1ccc([PH2]=O)c(OC)c1. The molecular weight excluding hydrogens is 175 g/mol. The molecule has 1 unspecified atom stereocenters. The summed E-state index contributed by atoms with van der Waals surface area (Å²) < 4.78 is 20.7. The number of ether oxygens (including phenoxy) is 2. The first kappa shape index (κ1) is 9.14. The zero-order valence-electron chi connectivity index (χ0n) is 7.03. The van der Waals surface area contributed by atoms with E-state index in [0.29, 0.717) is 11.5 Å². The Morgan fingerprint density at radius 1 is 1.25 bits per heavy atom. The minimum atomic E-state index is -0.950. The lowest BCUT2D eigenvalue weighted by Crippen LogP contribution is -1.99. The van der Waals surface area contributed by atoms with E-state index in [1.54, 1.807) is 32.4 Å². The molecule has 0 radical (unpaired) electrons. The van der Waals surface area contributed by atoms with Crippen LogP contribution in [0.4, 0.5) is 0 Å². The molecule has 12 heavy (non-hydrogen) atoms. The van der Waals surface area contributed by atoms with E-state index in [-0.39, 0.29) is 0 Å². The lowest BCUT2D eigenvalue weighted by molar-refractivity contribution is 0.396. The van der Waals surface area contributed by atoms with Gasteiger partial charge >= 0.3 is 0 Å². The highest BCUT2D eigenvalue weighted by Gasteiger charge is 2.01. The van der Waals surface area contributed by atoms with Crippen molar-refractivity contribution in [2.24, 2.45) is 0 Å². The summed E-state index contributed by atoms with van der Waals surface area (Å²) in [5.74, 6) is 1.34. The molecule has 0 aliphatic carbocycles. The molecule has 0 heterocycles. The molecule has 1 aromatic rings. The molecule has 0 saturated carbocycles. The van der Waals surface area contributed by atoms with Crippen LogP contribution in [0.2, 0.25) is 0 Å². The summed E-state index contributed by atoms with van der Waals surface area (Å²) in [7, 11) is 2.18. The van der Waals surface area contributed by atoms with Gasteiger partial charge in [-0.25, -0.2) is 0 Å². The van der Waals surface area contributed by atoms with Gasteiger partial charge in [0, 0.05) is 11.4 Å². The number of rotatable bonds is 3. The van der Waals surface area contributed by atoms with Crippen LogP contribution in [-0.4, -0.2) is 14.2 Å². The monoisotopic (exact) mass is 186 g/mol. The van der Waals surface area contributed by atoms with Crippen LogP contribution in [-0.2, 0) is 4.57 Å². The van der Waals surface area contributed by atoms with Crippen molar-refractivity contribution < 1.29 is 14.0 Å². The Kier molecular flexibility index (Phi) is 3.18. The summed E-state index contributed by atoms with van der Waals surface area (Å²) in [5.41, 5.74) is 0. The van der Waals surface area contributed by atoms with Crippen molar-refractivity contribution >= 4 is 13.8 Å². The lowest BCUT2D eigenvalue weighted by atomic mass is 10.3. The van der Waals surface area contributed by atoms with Crippen molar-refractivity contribution in [1.82, 2.24) is 0 Å². The molecule has 4 heteroatoms. The Bertz CT molecular complexity index is 286. The second kappa shape index (κ2) is 4.17. The van der Waals surface area contributed by atoms with E-state index in [1.807, 2.05) is 0 Å². The van der Waals surface area contributed by atoms with Crippen molar-refractivity contribution in [2.45, 2.75) is 0 Å². The first-order chi connectivity index (χ1) is 5.81. The van der Waals surface area contributed by atoms with Crippen LogP contribution in [0.5, 0.6) is 11.5 Å². The summed E-state index contributed by atoms with van der Waals surface area (Å²) in [6.07, 6.45) is 0. The molecule has 0 aliphatic heterocycles. The van der Waals surface area contributed by atoms with Gasteiger partial charge in [-0.1, -0.05) is 0 Å². The molecule has 0 amide bonds. The molecule has 66 valence electrons. The fraction of sp³-hybridized carbons (Fsp3) is 0.250. The maximum Gasteiger partial charge on any atom is 0.132 e. The van der Waals surface area contributed by atoms with Crippen LogP contribution in [0.3, 0.4) is 0 Å². The lowest BCUT2D eigenvalue weighted by Gasteiger charge is -2.05. The van der Waals surface area contributed by atoms with Crippen LogP contribution in [0, 0.1) is 0 Å². The minimum absolute atomic E-state index is 0.624. The largest absolute Gasteiger partial charge is 0.497 e. The summed E-state index contributed by atoms with van der Waals surface area (Å²) in [6.45, 7) is 0. The molecule has 1 rings (SSSR count). The average molecular weight is 186 g/mol. The van der Waals surface area contributed by atoms with Crippen molar-refractivity contribution in [2.75, 3.05) is 14.2 Å². The van der Waals surface area contributed by atoms with E-state index >= 15 is 0 Å². The minimum Gasteiger partial charge on any atom is -0.497 e. The van der Waals surface area contributed by atoms with Crippen LogP contribution in [0.15, 0.2) is 18.2 Å². The molecule has 0 bridgehead atoms. The van der Waals surface area contributed by atoms with Crippen LogP contribution >= 0.6 is 8.46 Å². The Balaban J connectivity index is 3.10. The zero-order chi connectivity index (χ0) is 8.97. The normalized spacial score (nSPS) is 10.5. The number of hydrogen-bond acceptors (Lipinski definition) is 3.